The Labute approximate surface area is 104 Å². The number of halogens is 1. The first-order valence-electron chi connectivity index (χ1n) is 5.52. The molecule has 1 atom stereocenters. The van der Waals surface area contributed by atoms with Crippen molar-refractivity contribution in [1.82, 2.24) is 9.55 Å². The Morgan fingerprint density at radius 3 is 2.94 bits per heavy atom. The van der Waals surface area contributed by atoms with Gasteiger partial charge in [-0.2, -0.15) is 0 Å². The average molecular weight is 253 g/mol. The predicted octanol–water partition coefficient (Wildman–Crippen LogP) is 4.08. The van der Waals surface area contributed by atoms with E-state index in [-0.39, 0.29) is 0 Å². The SMILES string of the molecule is CC(c1ccc(Cl)s1)n1cncc1C1CC1. The van der Waals surface area contributed by atoms with Crippen LogP contribution in [0.2, 0.25) is 4.34 Å². The molecule has 84 valence electrons. The molecule has 0 radical (unpaired) electrons. The van der Waals surface area contributed by atoms with Crippen LogP contribution in [0.25, 0.3) is 0 Å². The van der Waals surface area contributed by atoms with Crippen molar-refractivity contribution in [2.75, 3.05) is 0 Å². The van der Waals surface area contributed by atoms with Gasteiger partial charge in [0.15, 0.2) is 0 Å². The van der Waals surface area contributed by atoms with Crippen LogP contribution < -0.4 is 0 Å². The summed E-state index contributed by atoms with van der Waals surface area (Å²) in [5, 5.41) is 0. The van der Waals surface area contributed by atoms with Crippen LogP contribution in [0.4, 0.5) is 0 Å². The van der Waals surface area contributed by atoms with Crippen LogP contribution in [0.5, 0.6) is 0 Å². The number of rotatable bonds is 3. The summed E-state index contributed by atoms with van der Waals surface area (Å²) in [6.07, 6.45) is 6.56. The van der Waals surface area contributed by atoms with Gasteiger partial charge in [-0.25, -0.2) is 4.98 Å². The first kappa shape index (κ1) is 10.4. The summed E-state index contributed by atoms with van der Waals surface area (Å²) in [6, 6.07) is 4.41. The minimum atomic E-state index is 0.343. The predicted molar refractivity (Wildman–Crippen MR) is 67.3 cm³/mol. The molecule has 0 aromatic carbocycles. The number of imidazole rings is 1. The third-order valence-corrected chi connectivity index (χ3v) is 4.52. The molecule has 2 heterocycles. The highest BCUT2D eigenvalue weighted by atomic mass is 35.5. The van der Waals surface area contributed by atoms with Crippen molar-refractivity contribution < 1.29 is 0 Å². The van der Waals surface area contributed by atoms with E-state index in [0.29, 0.717) is 6.04 Å². The van der Waals surface area contributed by atoms with Crippen molar-refractivity contribution in [2.24, 2.45) is 0 Å². The molecule has 3 rings (SSSR count). The second kappa shape index (κ2) is 3.90. The number of hydrogen-bond acceptors (Lipinski definition) is 2. The van der Waals surface area contributed by atoms with E-state index in [4.69, 9.17) is 11.6 Å². The van der Waals surface area contributed by atoms with Crippen molar-refractivity contribution in [3.05, 3.63) is 39.6 Å². The Hall–Kier alpha value is -0.800. The quantitative estimate of drug-likeness (QED) is 0.805. The van der Waals surface area contributed by atoms with Crippen molar-refractivity contribution >= 4 is 22.9 Å². The topological polar surface area (TPSA) is 17.8 Å². The molecule has 2 aromatic heterocycles. The molecule has 0 saturated heterocycles. The lowest BCUT2D eigenvalue weighted by Gasteiger charge is -2.14. The minimum Gasteiger partial charge on any atom is -0.326 e. The molecule has 1 fully saturated rings. The standard InChI is InChI=1S/C12H13ClN2S/c1-8(11-4-5-12(13)16-11)15-7-14-6-10(15)9-2-3-9/h4-9H,2-3H2,1H3. The highest BCUT2D eigenvalue weighted by Crippen LogP contribution is 2.41. The van der Waals surface area contributed by atoms with E-state index < -0.39 is 0 Å². The Bertz CT molecular complexity index is 499. The van der Waals surface area contributed by atoms with E-state index in [1.807, 2.05) is 18.6 Å². The maximum absolute atomic E-state index is 5.97. The lowest BCUT2D eigenvalue weighted by atomic mass is 10.2. The number of hydrogen-bond donors (Lipinski definition) is 0. The normalized spacial score (nSPS) is 17.6. The molecule has 1 aliphatic rings. The summed E-state index contributed by atoms with van der Waals surface area (Å²) < 4.78 is 3.13. The second-order valence-electron chi connectivity index (χ2n) is 4.32. The molecule has 2 aromatic rings. The lowest BCUT2D eigenvalue weighted by molar-refractivity contribution is 0.619. The fraction of sp³-hybridized carbons (Fsp3) is 0.417. The maximum atomic E-state index is 5.97. The zero-order valence-corrected chi connectivity index (χ0v) is 10.6. The van der Waals surface area contributed by atoms with Gasteiger partial charge in [0.25, 0.3) is 0 Å². The molecule has 1 unspecified atom stereocenters. The highest BCUT2D eigenvalue weighted by Gasteiger charge is 2.28. The van der Waals surface area contributed by atoms with Crippen LogP contribution >= 0.6 is 22.9 Å². The zero-order valence-electron chi connectivity index (χ0n) is 9.06. The fourth-order valence-electron chi connectivity index (χ4n) is 2.02. The highest BCUT2D eigenvalue weighted by molar-refractivity contribution is 7.16. The second-order valence-corrected chi connectivity index (χ2v) is 6.06. The lowest BCUT2D eigenvalue weighted by Crippen LogP contribution is -2.06. The van der Waals surface area contributed by atoms with Gasteiger partial charge in [0.1, 0.15) is 0 Å². The molecule has 0 N–H and O–H groups in total. The van der Waals surface area contributed by atoms with Crippen molar-refractivity contribution in [3.8, 4) is 0 Å². The first-order chi connectivity index (χ1) is 7.75. The van der Waals surface area contributed by atoms with Gasteiger partial charge in [0.05, 0.1) is 16.7 Å². The monoisotopic (exact) mass is 252 g/mol. The smallest absolute Gasteiger partial charge is 0.0954 e. The Morgan fingerprint density at radius 2 is 2.31 bits per heavy atom. The summed E-state index contributed by atoms with van der Waals surface area (Å²) in [5.41, 5.74) is 1.37. The number of thiophene rings is 1. The molecule has 2 nitrogen and oxygen atoms in total. The molecule has 1 aliphatic carbocycles. The van der Waals surface area contributed by atoms with E-state index >= 15 is 0 Å². The summed E-state index contributed by atoms with van der Waals surface area (Å²) in [7, 11) is 0. The minimum absolute atomic E-state index is 0.343. The molecule has 4 heteroatoms. The molecule has 0 spiro atoms. The van der Waals surface area contributed by atoms with Gasteiger partial charge in [0, 0.05) is 22.7 Å². The van der Waals surface area contributed by atoms with E-state index in [1.165, 1.54) is 23.4 Å². The van der Waals surface area contributed by atoms with E-state index in [2.05, 4.69) is 22.5 Å². The van der Waals surface area contributed by atoms with Gasteiger partial charge in [-0.3, -0.25) is 0 Å². The van der Waals surface area contributed by atoms with Crippen LogP contribution in [-0.4, -0.2) is 9.55 Å². The zero-order chi connectivity index (χ0) is 11.1. The van der Waals surface area contributed by atoms with Crippen LogP contribution in [0.3, 0.4) is 0 Å². The van der Waals surface area contributed by atoms with E-state index in [9.17, 15) is 0 Å². The number of aromatic nitrogens is 2. The molecule has 16 heavy (non-hydrogen) atoms. The van der Waals surface area contributed by atoms with Gasteiger partial charge < -0.3 is 4.57 Å². The summed E-state index contributed by atoms with van der Waals surface area (Å²) in [5.74, 6) is 0.736. The van der Waals surface area contributed by atoms with Crippen LogP contribution in [-0.2, 0) is 0 Å². The third kappa shape index (κ3) is 1.78. The van der Waals surface area contributed by atoms with Crippen molar-refractivity contribution in [1.29, 1.82) is 0 Å². The summed E-state index contributed by atoms with van der Waals surface area (Å²) in [6.45, 7) is 2.20. The van der Waals surface area contributed by atoms with E-state index in [1.54, 1.807) is 11.3 Å². The molecule has 1 saturated carbocycles. The fourth-order valence-corrected chi connectivity index (χ4v) is 3.14. The summed E-state index contributed by atoms with van der Waals surface area (Å²) >= 11 is 7.63. The van der Waals surface area contributed by atoms with Crippen LogP contribution in [0, 0.1) is 0 Å². The van der Waals surface area contributed by atoms with Crippen molar-refractivity contribution in [2.45, 2.75) is 31.7 Å². The molecule has 0 bridgehead atoms. The van der Waals surface area contributed by atoms with E-state index in [0.717, 1.165) is 10.3 Å². The average Bonchev–Trinajstić information content (AvgIpc) is 2.85. The molecule has 0 aliphatic heterocycles. The first-order valence-corrected chi connectivity index (χ1v) is 6.72. The van der Waals surface area contributed by atoms with Gasteiger partial charge in [-0.1, -0.05) is 11.6 Å². The Kier molecular flexibility index (Phi) is 2.52. The summed E-state index contributed by atoms with van der Waals surface area (Å²) in [4.78, 5) is 5.57. The Balaban J connectivity index is 1.93. The molecular weight excluding hydrogens is 240 g/mol. The number of nitrogens with zero attached hydrogens (tertiary/aromatic N) is 2. The molecular formula is C12H13ClN2S. The van der Waals surface area contributed by atoms with Gasteiger partial charge in [-0.05, 0) is 31.9 Å². The maximum Gasteiger partial charge on any atom is 0.0954 e. The Morgan fingerprint density at radius 1 is 1.50 bits per heavy atom. The largest absolute Gasteiger partial charge is 0.326 e. The van der Waals surface area contributed by atoms with Crippen LogP contribution in [0.15, 0.2) is 24.7 Å². The third-order valence-electron chi connectivity index (χ3n) is 3.11. The van der Waals surface area contributed by atoms with Gasteiger partial charge in [-0.15, -0.1) is 11.3 Å². The van der Waals surface area contributed by atoms with Gasteiger partial charge in [0.2, 0.25) is 0 Å². The van der Waals surface area contributed by atoms with Gasteiger partial charge >= 0.3 is 0 Å². The van der Waals surface area contributed by atoms with Crippen LogP contribution in [0.1, 0.15) is 42.3 Å². The molecule has 0 amide bonds. The van der Waals surface area contributed by atoms with Crippen molar-refractivity contribution in [3.63, 3.8) is 0 Å².